The first-order valence-electron chi connectivity index (χ1n) is 5.93. The van der Waals surface area contributed by atoms with Crippen LogP contribution in [-0.4, -0.2) is 68.2 Å². The van der Waals surface area contributed by atoms with E-state index in [4.69, 9.17) is 20.4 Å². The number of rotatable bonds is 9. The molecule has 2 unspecified atom stereocenters. The van der Waals surface area contributed by atoms with Crippen LogP contribution >= 0.6 is 0 Å². The summed E-state index contributed by atoms with van der Waals surface area (Å²) in [5.74, 6) is -9.13. The van der Waals surface area contributed by atoms with Gasteiger partial charge in [-0.25, -0.2) is 19.2 Å². The minimum Gasteiger partial charge on any atom is -0.480 e. The van der Waals surface area contributed by atoms with Crippen molar-refractivity contribution >= 4 is 35.7 Å². The Morgan fingerprint density at radius 3 is 1.08 bits per heavy atom. The molecule has 0 fully saturated rings. The molecule has 6 N–H and O–H groups in total. The van der Waals surface area contributed by atoms with Crippen LogP contribution in [0.4, 0.5) is 0 Å². The molecular weight excluding hydrogens is 332 g/mol. The second-order valence-electron chi connectivity index (χ2n) is 3.99. The number of aliphatic carboxylic acids is 4. The number of nitrogens with one attached hydrogen (secondary N) is 2. The summed E-state index contributed by atoms with van der Waals surface area (Å²) in [6.07, 6.45) is 1.67. The van der Waals surface area contributed by atoms with Crippen LogP contribution in [0, 0.1) is 0 Å². The Hall–Kier alpha value is -3.70. The minimum absolute atomic E-state index is 0.387. The summed E-state index contributed by atoms with van der Waals surface area (Å²) in [4.78, 5) is 65.4. The molecule has 0 aliphatic rings. The van der Waals surface area contributed by atoms with Gasteiger partial charge < -0.3 is 31.1 Å². The Morgan fingerprint density at radius 1 is 0.583 bits per heavy atom. The Balaban J connectivity index is 5.24. The van der Waals surface area contributed by atoms with Crippen LogP contribution < -0.4 is 10.6 Å². The molecule has 0 aromatic rings. The zero-order chi connectivity index (χ0) is 18.9. The largest absolute Gasteiger partial charge is 0.480 e. The third-order valence-electron chi connectivity index (χ3n) is 2.22. The van der Waals surface area contributed by atoms with Crippen molar-refractivity contribution < 1.29 is 49.2 Å². The van der Waals surface area contributed by atoms with E-state index in [1.54, 1.807) is 10.6 Å². The van der Waals surface area contributed by atoms with E-state index in [9.17, 15) is 28.8 Å². The average Bonchev–Trinajstić information content (AvgIpc) is 2.45. The summed E-state index contributed by atoms with van der Waals surface area (Å²) in [6.45, 7) is 0. The lowest BCUT2D eigenvalue weighted by molar-refractivity contribution is -0.150. The number of hydrogen-bond acceptors (Lipinski definition) is 6. The molecule has 2 amide bonds. The number of carboxylic acids is 4. The first-order chi connectivity index (χ1) is 11.0. The van der Waals surface area contributed by atoms with Gasteiger partial charge in [-0.15, -0.1) is 0 Å². The molecule has 12 heteroatoms. The highest BCUT2D eigenvalue weighted by atomic mass is 16.4. The van der Waals surface area contributed by atoms with Crippen molar-refractivity contribution in [2.24, 2.45) is 0 Å². The van der Waals surface area contributed by atoms with Gasteiger partial charge in [-0.1, -0.05) is 0 Å². The van der Waals surface area contributed by atoms with Crippen molar-refractivity contribution in [2.75, 3.05) is 0 Å². The highest BCUT2D eigenvalue weighted by Gasteiger charge is 2.35. The SMILES string of the molecule is O=C(O)/C=C\C(=O)NC(C(=O)O)C(NC(=O)/C=C\C(=O)O)C(=O)O. The molecule has 0 rings (SSSR count). The third-order valence-corrected chi connectivity index (χ3v) is 2.22. The number of carbonyl (C=O) groups excluding carboxylic acids is 2. The van der Waals surface area contributed by atoms with Crippen LogP contribution in [0.3, 0.4) is 0 Å². The fourth-order valence-corrected chi connectivity index (χ4v) is 1.27. The van der Waals surface area contributed by atoms with Crippen LogP contribution in [-0.2, 0) is 28.8 Å². The Morgan fingerprint density at radius 2 is 0.875 bits per heavy atom. The van der Waals surface area contributed by atoms with Crippen molar-refractivity contribution in [2.45, 2.75) is 12.1 Å². The van der Waals surface area contributed by atoms with Gasteiger partial charge in [0.15, 0.2) is 12.1 Å². The fraction of sp³-hybridized carbons (Fsp3) is 0.167. The van der Waals surface area contributed by atoms with Crippen molar-refractivity contribution in [3.05, 3.63) is 24.3 Å². The lowest BCUT2D eigenvalue weighted by Crippen LogP contribution is -2.58. The molecule has 24 heavy (non-hydrogen) atoms. The molecule has 0 spiro atoms. The van der Waals surface area contributed by atoms with Crippen molar-refractivity contribution in [1.29, 1.82) is 0 Å². The van der Waals surface area contributed by atoms with Gasteiger partial charge in [0.05, 0.1) is 0 Å². The maximum absolute atomic E-state index is 11.4. The van der Waals surface area contributed by atoms with Crippen molar-refractivity contribution in [3.8, 4) is 0 Å². The quantitative estimate of drug-likeness (QED) is 0.240. The van der Waals surface area contributed by atoms with Gasteiger partial charge >= 0.3 is 23.9 Å². The van der Waals surface area contributed by atoms with Gasteiger partial charge in [0, 0.05) is 24.3 Å². The maximum atomic E-state index is 11.4. The standard InChI is InChI=1S/C12H12N2O10/c15-5(1-3-7(17)18)13-9(11(21)22)10(12(23)24)14-6(16)2-4-8(19)20/h1-4,9-10H,(H,13,15)(H,14,16)(H,17,18)(H,19,20)(H,21,22)(H,23,24)/b3-1-,4-2-. The molecular formula is C12H12N2O10. The van der Waals surface area contributed by atoms with Crippen LogP contribution in [0.1, 0.15) is 0 Å². The second-order valence-corrected chi connectivity index (χ2v) is 3.99. The smallest absolute Gasteiger partial charge is 0.329 e. The Bertz CT molecular complexity index is 567. The minimum atomic E-state index is -2.14. The van der Waals surface area contributed by atoms with Gasteiger partial charge in [-0.05, 0) is 0 Å². The van der Waals surface area contributed by atoms with Crippen LogP contribution in [0.2, 0.25) is 0 Å². The molecule has 0 aromatic heterocycles. The molecule has 0 radical (unpaired) electrons. The van der Waals surface area contributed by atoms with Gasteiger partial charge in [0.25, 0.3) is 0 Å². The van der Waals surface area contributed by atoms with Crippen LogP contribution in [0.15, 0.2) is 24.3 Å². The number of hydrogen-bond donors (Lipinski definition) is 6. The zero-order valence-corrected chi connectivity index (χ0v) is 11.7. The van der Waals surface area contributed by atoms with Gasteiger partial charge in [-0.3, -0.25) is 9.59 Å². The second kappa shape index (κ2) is 9.34. The lowest BCUT2D eigenvalue weighted by Gasteiger charge is -2.21. The third kappa shape index (κ3) is 7.92. The van der Waals surface area contributed by atoms with Gasteiger partial charge in [0.2, 0.25) is 11.8 Å². The molecule has 0 aromatic carbocycles. The zero-order valence-electron chi connectivity index (χ0n) is 11.7. The molecule has 2 atom stereocenters. The first-order valence-corrected chi connectivity index (χ1v) is 5.93. The summed E-state index contributed by atoms with van der Waals surface area (Å²) in [6, 6.07) is -4.29. The lowest BCUT2D eigenvalue weighted by atomic mass is 10.1. The van der Waals surface area contributed by atoms with E-state index in [-0.39, 0.29) is 0 Å². The molecule has 0 saturated heterocycles. The monoisotopic (exact) mass is 344 g/mol. The van der Waals surface area contributed by atoms with Crippen LogP contribution in [0.25, 0.3) is 0 Å². The summed E-state index contributed by atoms with van der Waals surface area (Å²) in [7, 11) is 0. The predicted molar refractivity (Wildman–Crippen MR) is 72.7 cm³/mol. The van der Waals surface area contributed by atoms with E-state index < -0.39 is 47.8 Å². The average molecular weight is 344 g/mol. The van der Waals surface area contributed by atoms with E-state index >= 15 is 0 Å². The first kappa shape index (κ1) is 20.3. The molecule has 0 aliphatic heterocycles. The number of amides is 2. The molecule has 130 valence electrons. The summed E-state index contributed by atoms with van der Waals surface area (Å²) in [5, 5.41) is 38.0. The van der Waals surface area contributed by atoms with Crippen molar-refractivity contribution in [3.63, 3.8) is 0 Å². The normalized spacial score (nSPS) is 13.2. The maximum Gasteiger partial charge on any atom is 0.329 e. The Kier molecular flexibility index (Phi) is 7.90. The molecule has 0 aliphatic carbocycles. The highest BCUT2D eigenvalue weighted by Crippen LogP contribution is 1.97. The van der Waals surface area contributed by atoms with E-state index in [1.807, 2.05) is 0 Å². The van der Waals surface area contributed by atoms with E-state index in [1.165, 1.54) is 0 Å². The topological polar surface area (TPSA) is 207 Å². The fourth-order valence-electron chi connectivity index (χ4n) is 1.27. The summed E-state index contributed by atoms with van der Waals surface area (Å²) < 4.78 is 0. The molecule has 0 saturated carbocycles. The number of carboxylic acid groups (broad SMARTS) is 4. The predicted octanol–water partition coefficient (Wildman–Crippen LogP) is -2.59. The molecule has 12 nitrogen and oxygen atoms in total. The van der Waals surface area contributed by atoms with Crippen LogP contribution in [0.5, 0.6) is 0 Å². The summed E-state index contributed by atoms with van der Waals surface area (Å²) in [5.41, 5.74) is 0. The summed E-state index contributed by atoms with van der Waals surface area (Å²) >= 11 is 0. The van der Waals surface area contributed by atoms with E-state index in [0.717, 1.165) is 0 Å². The number of carbonyl (C=O) groups is 6. The van der Waals surface area contributed by atoms with Gasteiger partial charge in [-0.2, -0.15) is 0 Å². The van der Waals surface area contributed by atoms with Crippen molar-refractivity contribution in [1.82, 2.24) is 10.6 Å². The van der Waals surface area contributed by atoms with E-state index in [2.05, 4.69) is 0 Å². The Labute approximate surface area is 133 Å². The van der Waals surface area contributed by atoms with E-state index in [0.29, 0.717) is 24.3 Å². The highest BCUT2D eigenvalue weighted by molar-refractivity contribution is 5.99. The van der Waals surface area contributed by atoms with Gasteiger partial charge in [0.1, 0.15) is 0 Å². The molecule has 0 heterocycles. The molecule has 0 bridgehead atoms.